The van der Waals surface area contributed by atoms with E-state index in [9.17, 15) is 18.0 Å². The lowest BCUT2D eigenvalue weighted by Crippen LogP contribution is -2.43. The van der Waals surface area contributed by atoms with E-state index >= 15 is 0 Å². The quantitative estimate of drug-likeness (QED) is 0.508. The van der Waals surface area contributed by atoms with Gasteiger partial charge in [-0.2, -0.15) is 0 Å². The van der Waals surface area contributed by atoms with Crippen LogP contribution in [0.25, 0.3) is 0 Å². The molecule has 0 aromatic carbocycles. The number of hydrogen-bond acceptors (Lipinski definition) is 5. The van der Waals surface area contributed by atoms with Crippen LogP contribution in [0.4, 0.5) is 0 Å². The van der Waals surface area contributed by atoms with Gasteiger partial charge in [0.25, 0.3) is 0 Å². The van der Waals surface area contributed by atoms with Gasteiger partial charge in [-0.15, -0.1) is 0 Å². The zero-order valence-corrected chi connectivity index (χ0v) is 8.37. The van der Waals surface area contributed by atoms with Gasteiger partial charge in [-0.05, 0) is 6.42 Å². The van der Waals surface area contributed by atoms with Gasteiger partial charge in [0.2, 0.25) is 15.9 Å². The van der Waals surface area contributed by atoms with Crippen LogP contribution in [0.5, 0.6) is 0 Å². The lowest BCUT2D eigenvalue weighted by molar-refractivity contribution is -0.137. The van der Waals surface area contributed by atoms with Crippen LogP contribution >= 0.6 is 0 Å². The fraction of sp³-hybridized carbons (Fsp3) is 0.667. The van der Waals surface area contributed by atoms with Gasteiger partial charge in [-0.3, -0.25) is 14.3 Å². The summed E-state index contributed by atoms with van der Waals surface area (Å²) >= 11 is 0. The maximum absolute atomic E-state index is 11.0. The minimum atomic E-state index is -3.63. The molecule has 0 aliphatic carbocycles. The molecule has 0 spiro atoms. The Balaban J connectivity index is 4.07. The molecule has 8 heteroatoms. The fourth-order valence-corrected chi connectivity index (χ4v) is 1.19. The second kappa shape index (κ2) is 4.91. The Bertz CT molecular complexity index is 323. The molecule has 0 bridgehead atoms. The maximum atomic E-state index is 11.0. The highest BCUT2D eigenvalue weighted by molar-refractivity contribution is 7.89. The highest BCUT2D eigenvalue weighted by atomic mass is 32.2. The van der Waals surface area contributed by atoms with E-state index in [1.165, 1.54) is 0 Å². The molecule has 0 aromatic heterocycles. The molecular formula is C6H12N2O5S. The van der Waals surface area contributed by atoms with E-state index in [1.54, 1.807) is 4.72 Å². The summed E-state index contributed by atoms with van der Waals surface area (Å²) in [5.41, 5.74) is 5.23. The standard InChI is InChI=1S/C6H12N2O5S/c1-14(12,13)8-6(11)4(7)2-3-5(9)10/h4H,2-3,7H2,1H3,(H,8,11)(H,9,10)/t4-/m1/s1. The molecule has 0 saturated heterocycles. The monoisotopic (exact) mass is 224 g/mol. The van der Waals surface area contributed by atoms with Crippen molar-refractivity contribution in [2.45, 2.75) is 18.9 Å². The Morgan fingerprint density at radius 3 is 2.36 bits per heavy atom. The van der Waals surface area contributed by atoms with E-state index in [2.05, 4.69) is 0 Å². The van der Waals surface area contributed by atoms with E-state index in [0.717, 1.165) is 6.26 Å². The molecule has 1 atom stereocenters. The molecule has 0 aliphatic rings. The van der Waals surface area contributed by atoms with Crippen molar-refractivity contribution in [3.8, 4) is 0 Å². The van der Waals surface area contributed by atoms with Gasteiger partial charge in [0.05, 0.1) is 12.3 Å². The largest absolute Gasteiger partial charge is 0.481 e. The third-order valence-electron chi connectivity index (χ3n) is 1.29. The SMILES string of the molecule is CS(=O)(=O)NC(=O)[C@H](N)CCC(=O)O. The number of carboxylic acids is 1. The van der Waals surface area contributed by atoms with Crippen LogP contribution in [-0.2, 0) is 19.6 Å². The minimum Gasteiger partial charge on any atom is -0.481 e. The average Bonchev–Trinajstić information content (AvgIpc) is 1.96. The minimum absolute atomic E-state index is 0.101. The first-order chi connectivity index (χ1) is 6.22. The fourth-order valence-electron chi connectivity index (χ4n) is 0.668. The zero-order valence-electron chi connectivity index (χ0n) is 7.56. The molecule has 0 fully saturated rings. The predicted molar refractivity (Wildman–Crippen MR) is 47.8 cm³/mol. The summed E-state index contributed by atoms with van der Waals surface area (Å²) in [6, 6.07) is -1.12. The Morgan fingerprint density at radius 1 is 1.50 bits per heavy atom. The van der Waals surface area contributed by atoms with Gasteiger partial charge in [0.1, 0.15) is 0 Å². The first kappa shape index (κ1) is 12.8. The highest BCUT2D eigenvalue weighted by Crippen LogP contribution is 1.95. The van der Waals surface area contributed by atoms with Crippen LogP contribution in [0.3, 0.4) is 0 Å². The van der Waals surface area contributed by atoms with Crippen LogP contribution in [-0.4, -0.2) is 37.7 Å². The molecule has 7 nitrogen and oxygen atoms in total. The third kappa shape index (κ3) is 6.38. The number of aliphatic carboxylic acids is 1. The molecule has 4 N–H and O–H groups in total. The summed E-state index contributed by atoms with van der Waals surface area (Å²) in [4.78, 5) is 21.1. The van der Waals surface area contributed by atoms with Crippen molar-refractivity contribution < 1.29 is 23.1 Å². The molecule has 0 rings (SSSR count). The summed E-state index contributed by atoms with van der Waals surface area (Å²) in [5, 5.41) is 8.27. The van der Waals surface area contributed by atoms with Crippen LogP contribution in [0.15, 0.2) is 0 Å². The van der Waals surface area contributed by atoms with Crippen molar-refractivity contribution in [2.24, 2.45) is 5.73 Å². The summed E-state index contributed by atoms with van der Waals surface area (Å²) in [6.45, 7) is 0. The summed E-state index contributed by atoms with van der Waals surface area (Å²) < 4.78 is 22.8. The predicted octanol–water partition coefficient (Wildman–Crippen LogP) is -1.75. The molecule has 0 aliphatic heterocycles. The number of amides is 1. The van der Waals surface area contributed by atoms with Crippen LogP contribution in [0.2, 0.25) is 0 Å². The lowest BCUT2D eigenvalue weighted by Gasteiger charge is -2.09. The molecule has 1 amide bonds. The third-order valence-corrected chi connectivity index (χ3v) is 1.86. The Kier molecular flexibility index (Phi) is 4.51. The number of carbonyl (C=O) groups excluding carboxylic acids is 1. The van der Waals surface area contributed by atoms with Gasteiger partial charge in [0.15, 0.2) is 0 Å². The molecule has 0 unspecified atom stereocenters. The Hall–Kier alpha value is -1.15. The van der Waals surface area contributed by atoms with Gasteiger partial charge < -0.3 is 10.8 Å². The highest BCUT2D eigenvalue weighted by Gasteiger charge is 2.17. The van der Waals surface area contributed by atoms with E-state index in [0.29, 0.717) is 0 Å². The molecule has 14 heavy (non-hydrogen) atoms. The molecule has 82 valence electrons. The normalized spacial score (nSPS) is 13.3. The number of nitrogens with one attached hydrogen (secondary N) is 1. The van der Waals surface area contributed by atoms with Crippen molar-refractivity contribution in [3.63, 3.8) is 0 Å². The smallest absolute Gasteiger partial charge is 0.303 e. The number of nitrogens with two attached hydrogens (primary N) is 1. The van der Waals surface area contributed by atoms with Crippen molar-refractivity contribution in [3.05, 3.63) is 0 Å². The van der Waals surface area contributed by atoms with E-state index < -0.39 is 27.9 Å². The second-order valence-electron chi connectivity index (χ2n) is 2.78. The first-order valence-corrected chi connectivity index (χ1v) is 5.60. The molecule has 0 saturated carbocycles. The average molecular weight is 224 g/mol. The van der Waals surface area contributed by atoms with Crippen LogP contribution < -0.4 is 10.5 Å². The molecule has 0 radical (unpaired) electrons. The second-order valence-corrected chi connectivity index (χ2v) is 4.53. The lowest BCUT2D eigenvalue weighted by atomic mass is 10.1. The Morgan fingerprint density at radius 2 is 2.00 bits per heavy atom. The van der Waals surface area contributed by atoms with Crippen molar-refractivity contribution in [2.75, 3.05) is 6.26 Å². The van der Waals surface area contributed by atoms with Gasteiger partial charge in [-0.1, -0.05) is 0 Å². The zero-order chi connectivity index (χ0) is 11.4. The van der Waals surface area contributed by atoms with Gasteiger partial charge in [0, 0.05) is 6.42 Å². The number of rotatable bonds is 5. The summed E-state index contributed by atoms with van der Waals surface area (Å²) in [7, 11) is -3.63. The number of carbonyl (C=O) groups is 2. The maximum Gasteiger partial charge on any atom is 0.303 e. The van der Waals surface area contributed by atoms with Crippen LogP contribution in [0.1, 0.15) is 12.8 Å². The molecule has 0 heterocycles. The topological polar surface area (TPSA) is 127 Å². The van der Waals surface area contributed by atoms with Crippen molar-refractivity contribution in [1.29, 1.82) is 0 Å². The molecular weight excluding hydrogens is 212 g/mol. The molecule has 0 aromatic rings. The van der Waals surface area contributed by atoms with E-state index in [-0.39, 0.29) is 12.8 Å². The first-order valence-electron chi connectivity index (χ1n) is 3.71. The number of sulfonamides is 1. The number of hydrogen-bond donors (Lipinski definition) is 3. The Labute approximate surface area is 81.3 Å². The van der Waals surface area contributed by atoms with Gasteiger partial charge in [-0.25, -0.2) is 8.42 Å². The van der Waals surface area contributed by atoms with Gasteiger partial charge >= 0.3 is 5.97 Å². The van der Waals surface area contributed by atoms with Crippen LogP contribution in [0, 0.1) is 0 Å². The summed E-state index contributed by atoms with van der Waals surface area (Å²) in [5.74, 6) is -1.98. The van der Waals surface area contributed by atoms with Crippen molar-refractivity contribution in [1.82, 2.24) is 4.72 Å². The van der Waals surface area contributed by atoms with E-state index in [1.807, 2.05) is 0 Å². The van der Waals surface area contributed by atoms with E-state index in [4.69, 9.17) is 10.8 Å². The number of carboxylic acid groups (broad SMARTS) is 1. The van der Waals surface area contributed by atoms with Crippen molar-refractivity contribution >= 4 is 21.9 Å². The summed E-state index contributed by atoms with van der Waals surface area (Å²) in [6.07, 6.45) is 0.434.